The maximum absolute atomic E-state index is 6.57. The summed E-state index contributed by atoms with van der Waals surface area (Å²) in [5, 5.41) is 0.0597. The van der Waals surface area contributed by atoms with Gasteiger partial charge < -0.3 is 9.47 Å². The predicted octanol–water partition coefficient (Wildman–Crippen LogP) is 3.34. The van der Waals surface area contributed by atoms with Crippen molar-refractivity contribution in [2.45, 2.75) is 24.6 Å². The van der Waals surface area contributed by atoms with Gasteiger partial charge in [-0.2, -0.15) is 0 Å². The molecular formula is C15H20ClN3. The van der Waals surface area contributed by atoms with E-state index in [9.17, 15) is 0 Å². The average Bonchev–Trinajstić information content (AvgIpc) is 2.81. The van der Waals surface area contributed by atoms with Gasteiger partial charge in [0.05, 0.1) is 22.7 Å². The second-order valence-corrected chi connectivity index (χ2v) is 5.96. The third-order valence-corrected chi connectivity index (χ3v) is 4.37. The number of aromatic nitrogens is 2. The van der Waals surface area contributed by atoms with E-state index in [4.69, 9.17) is 11.6 Å². The molecule has 0 amide bonds. The fourth-order valence-electron chi connectivity index (χ4n) is 2.82. The second kappa shape index (κ2) is 5.51. The predicted molar refractivity (Wildman–Crippen MR) is 79.6 cm³/mol. The number of hydrogen-bond acceptors (Lipinski definition) is 2. The Hall–Kier alpha value is -1.06. The highest BCUT2D eigenvalue weighted by molar-refractivity contribution is 6.21. The van der Waals surface area contributed by atoms with Crippen LogP contribution in [0.25, 0.3) is 11.0 Å². The lowest BCUT2D eigenvalue weighted by Gasteiger charge is -2.28. The Kier molecular flexibility index (Phi) is 3.76. The molecule has 0 saturated carbocycles. The number of alkyl halides is 1. The number of likely N-dealkylation sites (tertiary alicyclic amines) is 1. The highest BCUT2D eigenvalue weighted by Crippen LogP contribution is 2.26. The first-order valence-corrected chi connectivity index (χ1v) is 7.45. The van der Waals surface area contributed by atoms with E-state index in [0.717, 1.165) is 17.6 Å². The van der Waals surface area contributed by atoms with Gasteiger partial charge in [-0.05, 0) is 43.6 Å². The maximum Gasteiger partial charge on any atom is 0.0955 e. The molecule has 2 heterocycles. The summed E-state index contributed by atoms with van der Waals surface area (Å²) >= 11 is 6.57. The van der Waals surface area contributed by atoms with E-state index in [1.54, 1.807) is 0 Å². The van der Waals surface area contributed by atoms with Gasteiger partial charge in [-0.3, -0.25) is 0 Å². The first-order chi connectivity index (χ1) is 9.24. The van der Waals surface area contributed by atoms with Crippen LogP contribution in [0.4, 0.5) is 0 Å². The van der Waals surface area contributed by atoms with Gasteiger partial charge >= 0.3 is 0 Å². The summed E-state index contributed by atoms with van der Waals surface area (Å²) in [6.07, 6.45) is 5.83. The minimum atomic E-state index is 0.0597. The van der Waals surface area contributed by atoms with Crippen LogP contribution in [0.5, 0.6) is 0 Å². The topological polar surface area (TPSA) is 21.1 Å². The van der Waals surface area contributed by atoms with Crippen molar-refractivity contribution >= 4 is 22.6 Å². The van der Waals surface area contributed by atoms with Gasteiger partial charge in [-0.15, -0.1) is 11.6 Å². The van der Waals surface area contributed by atoms with Crippen molar-refractivity contribution < 1.29 is 0 Å². The molecule has 1 aromatic carbocycles. The molecule has 1 atom stereocenters. The van der Waals surface area contributed by atoms with Gasteiger partial charge in [-0.25, -0.2) is 4.98 Å². The molecule has 1 aromatic heterocycles. The lowest BCUT2D eigenvalue weighted by Crippen LogP contribution is -2.32. The summed E-state index contributed by atoms with van der Waals surface area (Å²) in [5.41, 5.74) is 3.37. The Bertz CT molecular complexity index is 558. The molecule has 0 N–H and O–H groups in total. The highest BCUT2D eigenvalue weighted by atomic mass is 35.5. The monoisotopic (exact) mass is 277 g/mol. The Morgan fingerprint density at radius 3 is 2.84 bits per heavy atom. The van der Waals surface area contributed by atoms with E-state index in [1.165, 1.54) is 37.9 Å². The third-order valence-electron chi connectivity index (χ3n) is 3.98. The van der Waals surface area contributed by atoms with Gasteiger partial charge in [0.1, 0.15) is 0 Å². The summed E-state index contributed by atoms with van der Waals surface area (Å²) < 4.78 is 2.03. The van der Waals surface area contributed by atoms with Gasteiger partial charge in [-0.1, -0.05) is 12.5 Å². The molecule has 0 radical (unpaired) electrons. The SMILES string of the molecule is Cn1cnc2cc(C(Cl)CN3CCCCC3)ccc21. The summed E-state index contributed by atoms with van der Waals surface area (Å²) in [5.74, 6) is 0. The first kappa shape index (κ1) is 12.9. The van der Waals surface area contributed by atoms with Gasteiger partial charge in [0.25, 0.3) is 0 Å². The largest absolute Gasteiger partial charge is 0.334 e. The highest BCUT2D eigenvalue weighted by Gasteiger charge is 2.16. The van der Waals surface area contributed by atoms with Gasteiger partial charge in [0.15, 0.2) is 0 Å². The number of imidazole rings is 1. The molecule has 3 nitrogen and oxygen atoms in total. The minimum Gasteiger partial charge on any atom is -0.334 e. The second-order valence-electron chi connectivity index (χ2n) is 5.43. The van der Waals surface area contributed by atoms with Crippen LogP contribution in [-0.2, 0) is 7.05 Å². The summed E-state index contributed by atoms with van der Waals surface area (Å²) in [6, 6.07) is 6.37. The van der Waals surface area contributed by atoms with Gasteiger partial charge in [0.2, 0.25) is 0 Å². The quantitative estimate of drug-likeness (QED) is 0.803. The molecule has 3 rings (SSSR count). The smallest absolute Gasteiger partial charge is 0.0955 e. The van der Waals surface area contributed by atoms with Crippen LogP contribution in [0.2, 0.25) is 0 Å². The number of fused-ring (bicyclic) bond motifs is 1. The molecule has 102 valence electrons. The van der Waals surface area contributed by atoms with Crippen molar-refractivity contribution in [1.29, 1.82) is 0 Å². The molecule has 0 bridgehead atoms. The number of piperidine rings is 1. The lowest BCUT2D eigenvalue weighted by molar-refractivity contribution is 0.229. The van der Waals surface area contributed by atoms with E-state index in [0.29, 0.717) is 0 Å². The van der Waals surface area contributed by atoms with Crippen molar-refractivity contribution in [3.63, 3.8) is 0 Å². The van der Waals surface area contributed by atoms with E-state index >= 15 is 0 Å². The van der Waals surface area contributed by atoms with Crippen LogP contribution in [0.3, 0.4) is 0 Å². The number of aryl methyl sites for hydroxylation is 1. The molecule has 19 heavy (non-hydrogen) atoms. The van der Waals surface area contributed by atoms with Crippen LogP contribution in [0, 0.1) is 0 Å². The van der Waals surface area contributed by atoms with Crippen molar-refractivity contribution in [1.82, 2.24) is 14.5 Å². The van der Waals surface area contributed by atoms with E-state index < -0.39 is 0 Å². The molecule has 1 saturated heterocycles. The number of benzene rings is 1. The first-order valence-electron chi connectivity index (χ1n) is 7.01. The lowest BCUT2D eigenvalue weighted by atomic mass is 10.1. The standard InChI is InChI=1S/C15H20ClN3/c1-18-11-17-14-9-12(5-6-15(14)18)13(16)10-19-7-3-2-4-8-19/h5-6,9,11,13H,2-4,7-8,10H2,1H3. The average molecular weight is 278 g/mol. The van der Waals surface area contributed by atoms with Crippen molar-refractivity contribution in [3.05, 3.63) is 30.1 Å². The van der Waals surface area contributed by atoms with Gasteiger partial charge in [0, 0.05) is 13.6 Å². The molecule has 1 aliphatic rings. The zero-order valence-electron chi connectivity index (χ0n) is 11.3. The Labute approximate surface area is 119 Å². The Morgan fingerprint density at radius 1 is 1.26 bits per heavy atom. The number of halogens is 1. The third kappa shape index (κ3) is 2.77. The summed E-state index contributed by atoms with van der Waals surface area (Å²) in [7, 11) is 2.01. The fraction of sp³-hybridized carbons (Fsp3) is 0.533. The summed E-state index contributed by atoms with van der Waals surface area (Å²) in [6.45, 7) is 3.32. The van der Waals surface area contributed by atoms with E-state index in [-0.39, 0.29) is 5.38 Å². The molecular weight excluding hydrogens is 258 g/mol. The Balaban J connectivity index is 1.75. The molecule has 1 unspecified atom stereocenters. The van der Waals surface area contributed by atoms with Crippen LogP contribution in [0.1, 0.15) is 30.2 Å². The normalized spacial score (nSPS) is 18.8. The number of rotatable bonds is 3. The molecule has 1 fully saturated rings. The number of hydrogen-bond donors (Lipinski definition) is 0. The number of nitrogens with zero attached hydrogens (tertiary/aromatic N) is 3. The molecule has 0 aliphatic carbocycles. The molecule has 0 spiro atoms. The van der Waals surface area contributed by atoms with Crippen LogP contribution >= 0.6 is 11.6 Å². The van der Waals surface area contributed by atoms with Crippen LogP contribution < -0.4 is 0 Å². The zero-order valence-corrected chi connectivity index (χ0v) is 12.1. The minimum absolute atomic E-state index is 0.0597. The Morgan fingerprint density at radius 2 is 2.05 bits per heavy atom. The van der Waals surface area contributed by atoms with E-state index in [2.05, 4.69) is 28.1 Å². The van der Waals surface area contributed by atoms with Crippen molar-refractivity contribution in [3.8, 4) is 0 Å². The maximum atomic E-state index is 6.57. The van der Waals surface area contributed by atoms with E-state index in [1.807, 2.05) is 17.9 Å². The molecule has 4 heteroatoms. The molecule has 2 aromatic rings. The van der Waals surface area contributed by atoms with Crippen molar-refractivity contribution in [2.75, 3.05) is 19.6 Å². The summed E-state index contributed by atoms with van der Waals surface area (Å²) in [4.78, 5) is 6.87. The molecule has 1 aliphatic heterocycles. The van der Waals surface area contributed by atoms with Crippen LogP contribution in [-0.4, -0.2) is 34.1 Å². The fourth-order valence-corrected chi connectivity index (χ4v) is 3.15. The van der Waals surface area contributed by atoms with Crippen molar-refractivity contribution in [2.24, 2.45) is 7.05 Å². The van der Waals surface area contributed by atoms with Crippen LogP contribution in [0.15, 0.2) is 24.5 Å². The zero-order chi connectivity index (χ0) is 13.2.